The molecule has 2 nitrogen and oxygen atoms in total. The van der Waals surface area contributed by atoms with Crippen LogP contribution < -0.4 is 4.74 Å². The van der Waals surface area contributed by atoms with Crippen LogP contribution in [-0.2, 0) is 0 Å². The van der Waals surface area contributed by atoms with Crippen molar-refractivity contribution < 1.29 is 9.53 Å². The lowest BCUT2D eigenvalue weighted by Crippen LogP contribution is -2.10. The summed E-state index contributed by atoms with van der Waals surface area (Å²) >= 11 is 0. The minimum Gasteiger partial charge on any atom is -0.496 e. The second-order valence-corrected chi connectivity index (χ2v) is 6.83. The number of Topliss-reactive ketones (excluding diaryl/α,β-unsaturated/α-hetero) is 1. The first-order valence-corrected chi connectivity index (χ1v) is 6.84. The highest BCUT2D eigenvalue weighted by Crippen LogP contribution is 2.69. The molecule has 2 rings (SSSR count). The molecule has 0 heterocycles. The first kappa shape index (κ1) is 14.1. The predicted molar refractivity (Wildman–Crippen MR) is 77.9 cm³/mol. The molecular formula is C17H24O2. The summed E-state index contributed by atoms with van der Waals surface area (Å²) in [6.07, 6.45) is 0. The van der Waals surface area contributed by atoms with Crippen LogP contribution in [0.5, 0.6) is 5.75 Å². The lowest BCUT2D eigenvalue weighted by atomic mass is 9.96. The van der Waals surface area contributed by atoms with E-state index in [1.807, 2.05) is 26.0 Å². The van der Waals surface area contributed by atoms with Gasteiger partial charge in [0.2, 0.25) is 0 Å². The summed E-state index contributed by atoms with van der Waals surface area (Å²) in [5.74, 6) is 1.04. The number of rotatable bonds is 3. The molecular weight excluding hydrogens is 236 g/mol. The molecule has 0 radical (unpaired) electrons. The largest absolute Gasteiger partial charge is 0.496 e. The summed E-state index contributed by atoms with van der Waals surface area (Å²) in [6.45, 7) is 12.7. The summed E-state index contributed by atoms with van der Waals surface area (Å²) < 4.78 is 5.47. The van der Waals surface area contributed by atoms with Gasteiger partial charge in [0.25, 0.3) is 0 Å². The van der Waals surface area contributed by atoms with Crippen molar-refractivity contribution in [1.82, 2.24) is 0 Å². The Bertz CT molecular complexity index is 524. The van der Waals surface area contributed by atoms with Crippen LogP contribution in [0.15, 0.2) is 12.1 Å². The normalized spacial score (nSPS) is 20.2. The van der Waals surface area contributed by atoms with E-state index in [9.17, 15) is 4.79 Å². The summed E-state index contributed by atoms with van der Waals surface area (Å²) in [5.41, 5.74) is 3.07. The topological polar surface area (TPSA) is 26.3 Å². The number of hydrogen-bond donors (Lipinski definition) is 0. The van der Waals surface area contributed by atoms with Gasteiger partial charge in [0.05, 0.1) is 12.7 Å². The molecule has 1 aromatic carbocycles. The van der Waals surface area contributed by atoms with Crippen molar-refractivity contribution in [3.05, 3.63) is 28.8 Å². The maximum atomic E-state index is 12.8. The number of methoxy groups -OCH3 is 1. The molecule has 1 saturated carbocycles. The Morgan fingerprint density at radius 2 is 1.63 bits per heavy atom. The highest BCUT2D eigenvalue weighted by Gasteiger charge is 2.68. The number of carbonyl (C=O) groups excluding carboxylic acids is 1. The summed E-state index contributed by atoms with van der Waals surface area (Å²) in [6, 6.07) is 3.92. The first-order chi connectivity index (χ1) is 8.66. The zero-order valence-corrected chi connectivity index (χ0v) is 13.0. The van der Waals surface area contributed by atoms with Gasteiger partial charge in [-0.05, 0) is 41.9 Å². The zero-order chi connectivity index (χ0) is 14.6. The molecule has 2 heteroatoms. The van der Waals surface area contributed by atoms with Crippen molar-refractivity contribution in [3.8, 4) is 5.75 Å². The maximum absolute atomic E-state index is 12.8. The van der Waals surface area contributed by atoms with E-state index in [0.717, 1.165) is 22.4 Å². The second-order valence-electron chi connectivity index (χ2n) is 6.83. The van der Waals surface area contributed by atoms with E-state index in [2.05, 4.69) is 27.7 Å². The van der Waals surface area contributed by atoms with Crippen LogP contribution >= 0.6 is 0 Å². The van der Waals surface area contributed by atoms with Gasteiger partial charge < -0.3 is 4.74 Å². The van der Waals surface area contributed by atoms with E-state index in [1.165, 1.54) is 0 Å². The Kier molecular flexibility index (Phi) is 3.04. The minimum atomic E-state index is 0.0634. The Hall–Kier alpha value is -1.31. The average molecular weight is 260 g/mol. The number of aryl methyl sites for hydroxylation is 1. The van der Waals surface area contributed by atoms with E-state index < -0.39 is 0 Å². The Balaban J connectivity index is 2.45. The van der Waals surface area contributed by atoms with Gasteiger partial charge in [0.1, 0.15) is 5.75 Å². The van der Waals surface area contributed by atoms with Crippen LogP contribution in [0.3, 0.4) is 0 Å². The van der Waals surface area contributed by atoms with Crippen molar-refractivity contribution in [2.45, 2.75) is 41.5 Å². The summed E-state index contributed by atoms with van der Waals surface area (Å²) in [5, 5.41) is 0. The quantitative estimate of drug-likeness (QED) is 0.762. The van der Waals surface area contributed by atoms with Crippen LogP contribution in [0.2, 0.25) is 0 Å². The van der Waals surface area contributed by atoms with Crippen LogP contribution in [0.1, 0.15) is 49.2 Å². The molecule has 1 aromatic rings. The highest BCUT2D eigenvalue weighted by molar-refractivity contribution is 6.03. The molecule has 0 atom stereocenters. The minimum absolute atomic E-state index is 0.0634. The van der Waals surface area contributed by atoms with Gasteiger partial charge in [-0.15, -0.1) is 0 Å². The number of benzene rings is 1. The third-order valence-electron chi connectivity index (χ3n) is 5.43. The number of carbonyl (C=O) groups is 1. The molecule has 104 valence electrons. The molecule has 0 saturated heterocycles. The van der Waals surface area contributed by atoms with E-state index in [-0.39, 0.29) is 22.5 Å². The Labute approximate surface area is 116 Å². The standard InChI is InChI=1S/C17H24O2/c1-10-8-9-12(14(19-7)11(10)2)13(18)15-16(3,4)17(15,5)6/h8-9,15H,1-7H3. The average Bonchev–Trinajstić information content (AvgIpc) is 2.72. The lowest BCUT2D eigenvalue weighted by Gasteiger charge is -2.13. The molecule has 1 fully saturated rings. The monoisotopic (exact) mass is 260 g/mol. The van der Waals surface area contributed by atoms with Gasteiger partial charge in [-0.2, -0.15) is 0 Å². The summed E-state index contributed by atoms with van der Waals surface area (Å²) in [7, 11) is 1.64. The fourth-order valence-electron chi connectivity index (χ4n) is 3.25. The van der Waals surface area contributed by atoms with E-state index >= 15 is 0 Å². The van der Waals surface area contributed by atoms with E-state index in [4.69, 9.17) is 4.74 Å². The molecule has 1 aliphatic carbocycles. The Morgan fingerprint density at radius 1 is 1.11 bits per heavy atom. The SMILES string of the molecule is COc1c(C(=O)C2C(C)(C)C2(C)C)ccc(C)c1C. The van der Waals surface area contributed by atoms with Crippen molar-refractivity contribution >= 4 is 5.78 Å². The third kappa shape index (κ3) is 1.80. The smallest absolute Gasteiger partial charge is 0.170 e. The molecule has 0 aliphatic heterocycles. The molecule has 0 N–H and O–H groups in total. The maximum Gasteiger partial charge on any atom is 0.170 e. The van der Waals surface area contributed by atoms with Gasteiger partial charge in [-0.1, -0.05) is 33.8 Å². The predicted octanol–water partition coefficient (Wildman–Crippen LogP) is 4.18. The van der Waals surface area contributed by atoms with Crippen LogP contribution in [0.4, 0.5) is 0 Å². The number of ketones is 1. The summed E-state index contributed by atoms with van der Waals surface area (Å²) in [4.78, 5) is 12.8. The van der Waals surface area contributed by atoms with E-state index in [0.29, 0.717) is 0 Å². The highest BCUT2D eigenvalue weighted by atomic mass is 16.5. The lowest BCUT2D eigenvalue weighted by molar-refractivity contribution is 0.0942. The van der Waals surface area contributed by atoms with Gasteiger partial charge >= 0.3 is 0 Å². The number of ether oxygens (including phenoxy) is 1. The third-order valence-corrected chi connectivity index (χ3v) is 5.43. The van der Waals surface area contributed by atoms with Crippen molar-refractivity contribution in [1.29, 1.82) is 0 Å². The molecule has 0 aromatic heterocycles. The molecule has 0 bridgehead atoms. The van der Waals surface area contributed by atoms with E-state index in [1.54, 1.807) is 7.11 Å². The van der Waals surface area contributed by atoms with Gasteiger partial charge in [0, 0.05) is 5.92 Å². The van der Waals surface area contributed by atoms with Gasteiger partial charge in [0.15, 0.2) is 5.78 Å². The molecule has 0 unspecified atom stereocenters. The van der Waals surface area contributed by atoms with Gasteiger partial charge in [-0.25, -0.2) is 0 Å². The zero-order valence-electron chi connectivity index (χ0n) is 13.0. The molecule has 0 amide bonds. The van der Waals surface area contributed by atoms with Crippen molar-refractivity contribution in [2.75, 3.05) is 7.11 Å². The first-order valence-electron chi connectivity index (χ1n) is 6.84. The van der Waals surface area contributed by atoms with Crippen LogP contribution in [-0.4, -0.2) is 12.9 Å². The second kappa shape index (κ2) is 4.09. The Morgan fingerprint density at radius 3 is 2.05 bits per heavy atom. The molecule has 0 spiro atoms. The molecule has 1 aliphatic rings. The molecule has 19 heavy (non-hydrogen) atoms. The number of hydrogen-bond acceptors (Lipinski definition) is 2. The van der Waals surface area contributed by atoms with Crippen LogP contribution in [0, 0.1) is 30.6 Å². The van der Waals surface area contributed by atoms with Crippen molar-refractivity contribution in [2.24, 2.45) is 16.7 Å². The van der Waals surface area contributed by atoms with Crippen molar-refractivity contribution in [3.63, 3.8) is 0 Å². The van der Waals surface area contributed by atoms with Crippen LogP contribution in [0.25, 0.3) is 0 Å². The fraction of sp³-hybridized carbons (Fsp3) is 0.588. The fourth-order valence-corrected chi connectivity index (χ4v) is 3.25. The van der Waals surface area contributed by atoms with Gasteiger partial charge in [-0.3, -0.25) is 4.79 Å².